The van der Waals surface area contributed by atoms with E-state index in [0.717, 1.165) is 19.5 Å². The Kier molecular flexibility index (Phi) is 3.84. The van der Waals surface area contributed by atoms with Crippen molar-refractivity contribution < 1.29 is 8.42 Å². The highest BCUT2D eigenvalue weighted by atomic mass is 32.2. The molecular formula is C15H22N2O2S. The van der Waals surface area contributed by atoms with E-state index in [9.17, 15) is 8.42 Å². The van der Waals surface area contributed by atoms with Crippen LogP contribution in [-0.2, 0) is 9.84 Å². The van der Waals surface area contributed by atoms with Gasteiger partial charge in [0, 0.05) is 31.2 Å². The molecule has 0 aromatic heterocycles. The SMILES string of the molecule is CC1CN(C2CCS(=O)(=O)C2)C(c2ccccc2)CN1. The van der Waals surface area contributed by atoms with E-state index < -0.39 is 9.84 Å². The van der Waals surface area contributed by atoms with Gasteiger partial charge in [-0.15, -0.1) is 0 Å². The predicted octanol–water partition coefficient (Wildman–Crippen LogP) is 1.21. The van der Waals surface area contributed by atoms with E-state index in [2.05, 4.69) is 41.4 Å². The van der Waals surface area contributed by atoms with Crippen LogP contribution in [0, 0.1) is 0 Å². The summed E-state index contributed by atoms with van der Waals surface area (Å²) in [4.78, 5) is 2.40. The van der Waals surface area contributed by atoms with Crippen molar-refractivity contribution >= 4 is 9.84 Å². The van der Waals surface area contributed by atoms with Crippen LogP contribution in [0.15, 0.2) is 30.3 Å². The highest BCUT2D eigenvalue weighted by molar-refractivity contribution is 7.91. The Morgan fingerprint density at radius 3 is 2.65 bits per heavy atom. The van der Waals surface area contributed by atoms with Gasteiger partial charge in [-0.2, -0.15) is 0 Å². The summed E-state index contributed by atoms with van der Waals surface area (Å²) in [5, 5.41) is 3.51. The summed E-state index contributed by atoms with van der Waals surface area (Å²) in [7, 11) is -2.83. The second-order valence-corrected chi connectivity index (χ2v) is 8.22. The van der Waals surface area contributed by atoms with Crippen LogP contribution in [-0.4, -0.2) is 50.0 Å². The summed E-state index contributed by atoms with van der Waals surface area (Å²) in [6, 6.07) is 11.3. The zero-order valence-electron chi connectivity index (χ0n) is 11.8. The number of nitrogens with one attached hydrogen (secondary N) is 1. The zero-order chi connectivity index (χ0) is 14.2. The largest absolute Gasteiger partial charge is 0.311 e. The lowest BCUT2D eigenvalue weighted by atomic mass is 9.99. The van der Waals surface area contributed by atoms with Crippen molar-refractivity contribution in [3.05, 3.63) is 35.9 Å². The van der Waals surface area contributed by atoms with Crippen molar-refractivity contribution in [3.8, 4) is 0 Å². The molecule has 1 N–H and O–H groups in total. The maximum absolute atomic E-state index is 11.8. The highest BCUT2D eigenvalue weighted by Gasteiger charge is 2.38. The minimum atomic E-state index is -2.83. The van der Waals surface area contributed by atoms with Gasteiger partial charge in [0.25, 0.3) is 0 Å². The van der Waals surface area contributed by atoms with E-state index in [4.69, 9.17) is 0 Å². The Hall–Kier alpha value is -0.910. The van der Waals surface area contributed by atoms with Crippen LogP contribution in [0.25, 0.3) is 0 Å². The number of sulfone groups is 1. The molecule has 2 aliphatic rings. The van der Waals surface area contributed by atoms with E-state index in [1.807, 2.05) is 6.07 Å². The highest BCUT2D eigenvalue weighted by Crippen LogP contribution is 2.30. The predicted molar refractivity (Wildman–Crippen MR) is 80.4 cm³/mol. The molecule has 3 rings (SSSR count). The molecule has 0 aliphatic carbocycles. The molecule has 5 heteroatoms. The first-order valence-corrected chi connectivity index (χ1v) is 9.12. The van der Waals surface area contributed by atoms with Gasteiger partial charge in [-0.25, -0.2) is 8.42 Å². The lowest BCUT2D eigenvalue weighted by Crippen LogP contribution is -2.54. The Balaban J connectivity index is 1.84. The molecule has 4 nitrogen and oxygen atoms in total. The fourth-order valence-corrected chi connectivity index (χ4v) is 5.11. The van der Waals surface area contributed by atoms with Crippen molar-refractivity contribution in [1.29, 1.82) is 0 Å². The van der Waals surface area contributed by atoms with E-state index >= 15 is 0 Å². The Labute approximate surface area is 121 Å². The van der Waals surface area contributed by atoms with E-state index in [0.29, 0.717) is 17.5 Å². The Morgan fingerprint density at radius 1 is 1.25 bits per heavy atom. The molecule has 3 atom stereocenters. The molecule has 2 saturated heterocycles. The minimum absolute atomic E-state index is 0.176. The molecule has 0 saturated carbocycles. The molecule has 0 spiro atoms. The molecule has 20 heavy (non-hydrogen) atoms. The smallest absolute Gasteiger partial charge is 0.151 e. The van der Waals surface area contributed by atoms with Gasteiger partial charge in [-0.1, -0.05) is 30.3 Å². The molecule has 0 amide bonds. The summed E-state index contributed by atoms with van der Waals surface area (Å²) >= 11 is 0. The van der Waals surface area contributed by atoms with Gasteiger partial charge in [-0.05, 0) is 18.9 Å². The summed E-state index contributed by atoms with van der Waals surface area (Å²) in [6.45, 7) is 3.97. The summed E-state index contributed by atoms with van der Waals surface area (Å²) in [6.07, 6.45) is 0.776. The van der Waals surface area contributed by atoms with Gasteiger partial charge >= 0.3 is 0 Å². The molecule has 0 bridgehead atoms. The van der Waals surface area contributed by atoms with Crippen molar-refractivity contribution in [3.63, 3.8) is 0 Å². The van der Waals surface area contributed by atoms with Gasteiger partial charge in [0.2, 0.25) is 0 Å². The standard InChI is InChI=1S/C15H22N2O2S/c1-12-10-17(14-7-8-20(18,19)11-14)15(9-16-12)13-5-3-2-4-6-13/h2-6,12,14-16H,7-11H2,1H3. The maximum Gasteiger partial charge on any atom is 0.151 e. The number of benzene rings is 1. The van der Waals surface area contributed by atoms with E-state index in [1.165, 1.54) is 5.56 Å². The van der Waals surface area contributed by atoms with Crippen LogP contribution in [0.4, 0.5) is 0 Å². The number of piperazine rings is 1. The lowest BCUT2D eigenvalue weighted by molar-refractivity contribution is 0.0959. The van der Waals surface area contributed by atoms with Crippen molar-refractivity contribution in [2.24, 2.45) is 0 Å². The first-order valence-electron chi connectivity index (χ1n) is 7.30. The van der Waals surface area contributed by atoms with E-state index in [1.54, 1.807) is 0 Å². The number of nitrogens with zero attached hydrogens (tertiary/aromatic N) is 1. The normalized spacial score (nSPS) is 34.1. The van der Waals surface area contributed by atoms with Crippen LogP contribution in [0.5, 0.6) is 0 Å². The molecule has 110 valence electrons. The second-order valence-electron chi connectivity index (χ2n) is 5.99. The molecule has 3 unspecified atom stereocenters. The average molecular weight is 294 g/mol. The first kappa shape index (κ1) is 14.0. The maximum atomic E-state index is 11.8. The van der Waals surface area contributed by atoms with Crippen molar-refractivity contribution in [2.45, 2.75) is 31.5 Å². The van der Waals surface area contributed by atoms with Crippen LogP contribution < -0.4 is 5.32 Å². The number of hydrogen-bond donors (Lipinski definition) is 1. The van der Waals surface area contributed by atoms with Crippen molar-refractivity contribution in [2.75, 3.05) is 24.6 Å². The Morgan fingerprint density at radius 2 is 2.00 bits per heavy atom. The summed E-state index contributed by atoms with van der Waals surface area (Å²) in [5.41, 5.74) is 1.27. The average Bonchev–Trinajstić information content (AvgIpc) is 2.80. The quantitative estimate of drug-likeness (QED) is 0.891. The molecule has 0 radical (unpaired) electrons. The third-order valence-electron chi connectivity index (χ3n) is 4.41. The monoisotopic (exact) mass is 294 g/mol. The molecule has 2 aliphatic heterocycles. The third kappa shape index (κ3) is 2.90. The van der Waals surface area contributed by atoms with Gasteiger partial charge in [-0.3, -0.25) is 4.90 Å². The molecule has 1 aromatic rings. The molecular weight excluding hydrogens is 272 g/mol. The van der Waals surface area contributed by atoms with Crippen LogP contribution >= 0.6 is 0 Å². The van der Waals surface area contributed by atoms with Crippen LogP contribution in [0.3, 0.4) is 0 Å². The van der Waals surface area contributed by atoms with Gasteiger partial charge in [0.05, 0.1) is 11.5 Å². The second kappa shape index (κ2) is 5.47. The third-order valence-corrected chi connectivity index (χ3v) is 6.16. The van der Waals surface area contributed by atoms with Gasteiger partial charge in [0.1, 0.15) is 0 Å². The summed E-state index contributed by atoms with van der Waals surface area (Å²) < 4.78 is 23.5. The van der Waals surface area contributed by atoms with Crippen LogP contribution in [0.2, 0.25) is 0 Å². The van der Waals surface area contributed by atoms with Gasteiger partial charge in [0.15, 0.2) is 9.84 Å². The number of hydrogen-bond acceptors (Lipinski definition) is 4. The van der Waals surface area contributed by atoms with Crippen molar-refractivity contribution in [1.82, 2.24) is 10.2 Å². The van der Waals surface area contributed by atoms with E-state index in [-0.39, 0.29) is 12.1 Å². The molecule has 2 fully saturated rings. The van der Waals surface area contributed by atoms with Crippen LogP contribution in [0.1, 0.15) is 24.9 Å². The Bertz CT molecular complexity index is 558. The summed E-state index contributed by atoms with van der Waals surface area (Å²) in [5.74, 6) is 0.667. The first-order chi connectivity index (χ1) is 9.55. The topological polar surface area (TPSA) is 49.4 Å². The zero-order valence-corrected chi connectivity index (χ0v) is 12.6. The lowest BCUT2D eigenvalue weighted by Gasteiger charge is -2.42. The van der Waals surface area contributed by atoms with Gasteiger partial charge < -0.3 is 5.32 Å². The molecule has 1 aromatic carbocycles. The minimum Gasteiger partial charge on any atom is -0.311 e. The fourth-order valence-electron chi connectivity index (χ4n) is 3.36. The fraction of sp³-hybridized carbons (Fsp3) is 0.600. The molecule has 2 heterocycles. The number of rotatable bonds is 2.